The first kappa shape index (κ1) is 15.9. The van der Waals surface area contributed by atoms with E-state index in [9.17, 15) is 18.0 Å². The highest BCUT2D eigenvalue weighted by molar-refractivity contribution is 6.33. The molecule has 0 bridgehead atoms. The van der Waals surface area contributed by atoms with Gasteiger partial charge in [-0.25, -0.2) is 4.79 Å². The van der Waals surface area contributed by atoms with Crippen molar-refractivity contribution < 1.29 is 27.8 Å². The van der Waals surface area contributed by atoms with Gasteiger partial charge in [-0.1, -0.05) is 11.6 Å². The summed E-state index contributed by atoms with van der Waals surface area (Å²) in [5.41, 5.74) is -0.465. The van der Waals surface area contributed by atoms with Crippen molar-refractivity contribution in [1.29, 1.82) is 0 Å². The minimum absolute atomic E-state index is 0.0439. The van der Waals surface area contributed by atoms with Crippen molar-refractivity contribution in [1.82, 2.24) is 0 Å². The average Bonchev–Trinajstić information content (AvgIpc) is 2.85. The van der Waals surface area contributed by atoms with Gasteiger partial charge in [0.2, 0.25) is 0 Å². The molecule has 2 N–H and O–H groups in total. The second-order valence-corrected chi connectivity index (χ2v) is 5.14. The number of ether oxygens (including phenoxy) is 1. The van der Waals surface area contributed by atoms with Crippen molar-refractivity contribution in [2.45, 2.75) is 31.2 Å². The summed E-state index contributed by atoms with van der Waals surface area (Å²) in [6.07, 6.45) is -4.57. The molecule has 1 heterocycles. The number of halogens is 4. The monoisotopic (exact) mass is 323 g/mol. The molecule has 0 aliphatic carbocycles. The molecule has 1 aliphatic rings. The van der Waals surface area contributed by atoms with E-state index in [1.165, 1.54) is 6.07 Å². The number of hydrogen-bond acceptors (Lipinski definition) is 3. The number of anilines is 1. The standard InChI is InChI=1S/C13H13ClF3NO3/c14-9-5-7(13(15,16)17)1-3-10(9)18-6-8-2-4-11(21-8)12(19)20/h1,3,5,8,11,18H,2,4,6H2,(H,19,20). The molecule has 0 aromatic heterocycles. The van der Waals surface area contributed by atoms with Gasteiger partial charge in [0.25, 0.3) is 0 Å². The Labute approximate surface area is 123 Å². The summed E-state index contributed by atoms with van der Waals surface area (Å²) in [4.78, 5) is 10.7. The van der Waals surface area contributed by atoms with Crippen LogP contribution in [0.4, 0.5) is 18.9 Å². The van der Waals surface area contributed by atoms with Gasteiger partial charge < -0.3 is 15.2 Å². The van der Waals surface area contributed by atoms with Crippen LogP contribution in [0.15, 0.2) is 18.2 Å². The maximum Gasteiger partial charge on any atom is 0.416 e. The molecule has 0 radical (unpaired) electrons. The molecule has 1 aromatic rings. The lowest BCUT2D eigenvalue weighted by Crippen LogP contribution is -2.24. The largest absolute Gasteiger partial charge is 0.479 e. The third-order valence-electron chi connectivity index (χ3n) is 3.20. The van der Waals surface area contributed by atoms with Crippen molar-refractivity contribution in [3.63, 3.8) is 0 Å². The van der Waals surface area contributed by atoms with E-state index in [4.69, 9.17) is 21.4 Å². The molecule has 8 heteroatoms. The lowest BCUT2D eigenvalue weighted by Gasteiger charge is -2.15. The molecule has 1 aromatic carbocycles. The summed E-state index contributed by atoms with van der Waals surface area (Å²) in [5, 5.41) is 11.6. The van der Waals surface area contributed by atoms with Crippen LogP contribution < -0.4 is 5.32 Å². The van der Waals surface area contributed by atoms with Crippen LogP contribution in [0.5, 0.6) is 0 Å². The molecule has 2 unspecified atom stereocenters. The SMILES string of the molecule is O=C(O)C1CCC(CNc2ccc(C(F)(F)F)cc2Cl)O1. The van der Waals surface area contributed by atoms with Crippen molar-refractivity contribution in [3.05, 3.63) is 28.8 Å². The van der Waals surface area contributed by atoms with Gasteiger partial charge in [0.1, 0.15) is 0 Å². The topological polar surface area (TPSA) is 58.6 Å². The summed E-state index contributed by atoms with van der Waals surface area (Å²) in [5.74, 6) is -1.01. The normalized spacial score (nSPS) is 22.3. The number of nitrogens with one attached hydrogen (secondary N) is 1. The first-order valence-corrected chi connectivity index (χ1v) is 6.64. The third kappa shape index (κ3) is 4.01. The van der Waals surface area contributed by atoms with Crippen molar-refractivity contribution in [2.24, 2.45) is 0 Å². The predicted molar refractivity (Wildman–Crippen MR) is 70.5 cm³/mol. The number of benzene rings is 1. The molecule has 2 rings (SSSR count). The van der Waals surface area contributed by atoms with Gasteiger partial charge in [0.15, 0.2) is 6.10 Å². The van der Waals surface area contributed by atoms with Crippen LogP contribution in [-0.4, -0.2) is 29.8 Å². The fourth-order valence-electron chi connectivity index (χ4n) is 2.10. The van der Waals surface area contributed by atoms with Crippen LogP contribution in [0.1, 0.15) is 18.4 Å². The predicted octanol–water partition coefficient (Wildman–Crippen LogP) is 3.40. The second kappa shape index (κ2) is 6.11. The van der Waals surface area contributed by atoms with Crippen LogP contribution in [0.25, 0.3) is 0 Å². The first-order chi connectivity index (χ1) is 9.77. The smallest absolute Gasteiger partial charge is 0.416 e. The van der Waals surface area contributed by atoms with E-state index < -0.39 is 23.8 Å². The summed E-state index contributed by atoms with van der Waals surface area (Å²) in [6.45, 7) is 0.287. The first-order valence-electron chi connectivity index (χ1n) is 6.26. The Kier molecular flexibility index (Phi) is 4.63. The Hall–Kier alpha value is -1.47. The number of rotatable bonds is 4. The lowest BCUT2D eigenvalue weighted by atomic mass is 10.1. The van der Waals surface area contributed by atoms with E-state index in [1.807, 2.05) is 0 Å². The summed E-state index contributed by atoms with van der Waals surface area (Å²) in [7, 11) is 0. The zero-order valence-electron chi connectivity index (χ0n) is 10.8. The van der Waals surface area contributed by atoms with Gasteiger partial charge in [-0.15, -0.1) is 0 Å². The second-order valence-electron chi connectivity index (χ2n) is 4.74. The van der Waals surface area contributed by atoms with E-state index in [-0.39, 0.29) is 17.7 Å². The van der Waals surface area contributed by atoms with E-state index >= 15 is 0 Å². The summed E-state index contributed by atoms with van der Waals surface area (Å²) in [6, 6.07) is 3.03. The quantitative estimate of drug-likeness (QED) is 0.891. The molecular formula is C13H13ClF3NO3. The molecule has 0 amide bonds. The van der Waals surface area contributed by atoms with Gasteiger partial charge in [0.05, 0.1) is 22.4 Å². The molecule has 1 aliphatic heterocycles. The van der Waals surface area contributed by atoms with Gasteiger partial charge in [-0.3, -0.25) is 0 Å². The molecule has 4 nitrogen and oxygen atoms in total. The lowest BCUT2D eigenvalue weighted by molar-refractivity contribution is -0.149. The zero-order chi connectivity index (χ0) is 15.6. The molecule has 116 valence electrons. The van der Waals surface area contributed by atoms with Gasteiger partial charge >= 0.3 is 12.1 Å². The Balaban J connectivity index is 1.94. The number of carboxylic acid groups (broad SMARTS) is 1. The minimum atomic E-state index is -4.44. The maximum atomic E-state index is 12.5. The average molecular weight is 324 g/mol. The van der Waals surface area contributed by atoms with Gasteiger partial charge in [-0.2, -0.15) is 13.2 Å². The van der Waals surface area contributed by atoms with Crippen LogP contribution in [0, 0.1) is 0 Å². The maximum absolute atomic E-state index is 12.5. The molecular weight excluding hydrogens is 311 g/mol. The number of carboxylic acids is 1. The van der Waals surface area contributed by atoms with Crippen LogP contribution >= 0.6 is 11.6 Å². The van der Waals surface area contributed by atoms with E-state index in [0.29, 0.717) is 18.5 Å². The number of carbonyl (C=O) groups is 1. The Bertz CT molecular complexity index is 536. The number of alkyl halides is 3. The summed E-state index contributed by atoms with van der Waals surface area (Å²) >= 11 is 5.80. The highest BCUT2D eigenvalue weighted by Crippen LogP contribution is 2.34. The van der Waals surface area contributed by atoms with Gasteiger partial charge in [-0.05, 0) is 31.0 Å². The number of aliphatic carboxylic acids is 1. The highest BCUT2D eigenvalue weighted by Gasteiger charge is 2.32. The Morgan fingerprint density at radius 3 is 2.67 bits per heavy atom. The van der Waals surface area contributed by atoms with Crippen LogP contribution in [0.3, 0.4) is 0 Å². The van der Waals surface area contributed by atoms with Crippen LogP contribution in [-0.2, 0) is 15.7 Å². The Morgan fingerprint density at radius 2 is 2.14 bits per heavy atom. The zero-order valence-corrected chi connectivity index (χ0v) is 11.5. The third-order valence-corrected chi connectivity index (χ3v) is 3.51. The fourth-order valence-corrected chi connectivity index (χ4v) is 2.34. The van der Waals surface area contributed by atoms with Gasteiger partial charge in [0, 0.05) is 6.54 Å². The van der Waals surface area contributed by atoms with E-state index in [1.54, 1.807) is 0 Å². The fraction of sp³-hybridized carbons (Fsp3) is 0.462. The van der Waals surface area contributed by atoms with Crippen molar-refractivity contribution >= 4 is 23.3 Å². The molecule has 21 heavy (non-hydrogen) atoms. The molecule has 0 saturated carbocycles. The number of hydrogen-bond donors (Lipinski definition) is 2. The molecule has 0 spiro atoms. The van der Waals surface area contributed by atoms with Crippen molar-refractivity contribution in [3.8, 4) is 0 Å². The van der Waals surface area contributed by atoms with Crippen molar-refractivity contribution in [2.75, 3.05) is 11.9 Å². The van der Waals surface area contributed by atoms with E-state index in [2.05, 4.69) is 5.32 Å². The summed E-state index contributed by atoms with van der Waals surface area (Å²) < 4.78 is 42.8. The molecule has 2 atom stereocenters. The minimum Gasteiger partial charge on any atom is -0.479 e. The highest BCUT2D eigenvalue weighted by atomic mass is 35.5. The Morgan fingerprint density at radius 1 is 1.43 bits per heavy atom. The van der Waals surface area contributed by atoms with Crippen LogP contribution in [0.2, 0.25) is 5.02 Å². The molecule has 1 fully saturated rings. The molecule has 1 saturated heterocycles. The van der Waals surface area contributed by atoms with E-state index in [0.717, 1.165) is 12.1 Å².